The molecule has 5 heteroatoms. The van der Waals surface area contributed by atoms with E-state index in [2.05, 4.69) is 33.8 Å². The van der Waals surface area contributed by atoms with Gasteiger partial charge in [-0.15, -0.1) is 0 Å². The maximum Gasteiger partial charge on any atom is 0.318 e. The molecule has 4 aliphatic carbocycles. The van der Waals surface area contributed by atoms with Crippen LogP contribution < -0.4 is 0 Å². The van der Waals surface area contributed by atoms with E-state index in [9.17, 15) is 20.1 Å². The molecule has 5 nitrogen and oxygen atoms in total. The lowest BCUT2D eigenvalue weighted by molar-refractivity contribution is -0.249. The first-order chi connectivity index (χ1) is 13.3. The lowest BCUT2D eigenvalue weighted by Gasteiger charge is -2.58. The van der Waals surface area contributed by atoms with Crippen molar-refractivity contribution in [2.75, 3.05) is 0 Å². The molecule has 3 N–H and O–H groups in total. The van der Waals surface area contributed by atoms with Gasteiger partial charge in [-0.1, -0.05) is 50.5 Å². The van der Waals surface area contributed by atoms with Gasteiger partial charge in [0.15, 0.2) is 0 Å². The maximum atomic E-state index is 13.2. The molecular formula is C24H34O5. The Morgan fingerprint density at radius 3 is 2.38 bits per heavy atom. The highest BCUT2D eigenvalue weighted by atomic mass is 16.7. The third-order valence-corrected chi connectivity index (χ3v) is 10.0. The molecule has 29 heavy (non-hydrogen) atoms. The summed E-state index contributed by atoms with van der Waals surface area (Å²) in [5.74, 6) is -2.30. The number of hydrogen-bond acceptors (Lipinski definition) is 5. The molecule has 6 atom stereocenters. The van der Waals surface area contributed by atoms with Crippen molar-refractivity contribution in [2.45, 2.75) is 97.1 Å². The summed E-state index contributed by atoms with van der Waals surface area (Å²) in [6, 6.07) is 0. The van der Waals surface area contributed by atoms with Crippen molar-refractivity contribution in [2.24, 2.45) is 21.7 Å². The Hall–Kier alpha value is -1.17. The molecule has 3 fully saturated rings. The highest BCUT2D eigenvalue weighted by molar-refractivity contribution is 5.85. The quantitative estimate of drug-likeness (QED) is 0.427. The fraction of sp³-hybridized carbons (Fsp3) is 0.792. The Bertz CT molecular complexity index is 882. The van der Waals surface area contributed by atoms with Gasteiger partial charge < -0.3 is 20.1 Å². The van der Waals surface area contributed by atoms with Crippen LogP contribution in [0.15, 0.2) is 22.8 Å². The molecule has 0 radical (unpaired) electrons. The Labute approximate surface area is 172 Å². The molecule has 1 spiro atoms. The van der Waals surface area contributed by atoms with Gasteiger partial charge in [0, 0.05) is 23.2 Å². The zero-order valence-electron chi connectivity index (χ0n) is 18.3. The zero-order valence-corrected chi connectivity index (χ0v) is 18.3. The average Bonchev–Trinajstić information content (AvgIpc) is 2.97. The minimum absolute atomic E-state index is 0.118. The summed E-state index contributed by atoms with van der Waals surface area (Å²) < 4.78 is 5.40. The summed E-state index contributed by atoms with van der Waals surface area (Å²) in [4.78, 5) is 13.2. The topological polar surface area (TPSA) is 87.0 Å². The molecule has 0 aromatic rings. The molecule has 1 heterocycles. The maximum absolute atomic E-state index is 13.2. The van der Waals surface area contributed by atoms with Crippen LogP contribution in [-0.4, -0.2) is 38.8 Å². The summed E-state index contributed by atoms with van der Waals surface area (Å²) in [7, 11) is 0. The SMILES string of the molecule is CC12CCC(O)C(C)(C)C1=CCC1=C2CCC23C(=O)OC(C)(O)C2(O)CCC13C. The molecule has 0 aromatic carbocycles. The molecule has 0 amide bonds. The second-order valence-electron chi connectivity index (χ2n) is 11.4. The van der Waals surface area contributed by atoms with Crippen LogP contribution in [0.2, 0.25) is 0 Å². The van der Waals surface area contributed by atoms with Gasteiger partial charge in [-0.25, -0.2) is 0 Å². The fourth-order valence-electron chi connectivity index (χ4n) is 8.25. The van der Waals surface area contributed by atoms with Gasteiger partial charge in [0.05, 0.1) is 6.10 Å². The van der Waals surface area contributed by atoms with Gasteiger partial charge in [0.1, 0.15) is 11.0 Å². The van der Waals surface area contributed by atoms with Crippen LogP contribution in [0.4, 0.5) is 0 Å². The first-order valence-electron chi connectivity index (χ1n) is 11.1. The van der Waals surface area contributed by atoms with Crippen LogP contribution in [0.5, 0.6) is 0 Å². The summed E-state index contributed by atoms with van der Waals surface area (Å²) >= 11 is 0. The van der Waals surface area contributed by atoms with Crippen LogP contribution in [0.25, 0.3) is 0 Å². The summed E-state index contributed by atoms with van der Waals surface area (Å²) in [6.07, 6.45) is 6.58. The highest BCUT2D eigenvalue weighted by Crippen LogP contribution is 2.75. The number of rotatable bonds is 0. The fourth-order valence-corrected chi connectivity index (χ4v) is 8.25. The van der Waals surface area contributed by atoms with E-state index in [1.807, 2.05) is 0 Å². The standard InChI is InChI=1S/C24H34O5/c1-19(2)16-7-6-15-14(20(16,3)10-9-17(19)25)8-11-23-18(26)29-22(5,27)24(23,28)13-12-21(15,23)4/h7,17,25,27-28H,6,8-13H2,1-5H3. The molecule has 5 rings (SSSR count). The highest BCUT2D eigenvalue weighted by Gasteiger charge is 2.82. The smallest absolute Gasteiger partial charge is 0.318 e. The van der Waals surface area contributed by atoms with E-state index in [1.165, 1.54) is 23.6 Å². The van der Waals surface area contributed by atoms with Crippen LogP contribution in [0.3, 0.4) is 0 Å². The molecule has 6 unspecified atom stereocenters. The number of cyclic esters (lactones) is 1. The molecule has 0 bridgehead atoms. The first kappa shape index (κ1) is 19.8. The summed E-state index contributed by atoms with van der Waals surface area (Å²) in [6.45, 7) is 10.1. The van der Waals surface area contributed by atoms with Crippen LogP contribution in [0.1, 0.15) is 79.6 Å². The number of ether oxygens (including phenoxy) is 1. The average molecular weight is 403 g/mol. The molecule has 1 saturated heterocycles. The predicted octanol–water partition coefficient (Wildman–Crippen LogP) is 3.38. The van der Waals surface area contributed by atoms with Gasteiger partial charge in [0.2, 0.25) is 5.79 Å². The van der Waals surface area contributed by atoms with E-state index in [0.29, 0.717) is 19.3 Å². The van der Waals surface area contributed by atoms with E-state index >= 15 is 0 Å². The Morgan fingerprint density at radius 1 is 1.00 bits per heavy atom. The van der Waals surface area contributed by atoms with Gasteiger partial charge in [-0.2, -0.15) is 0 Å². The third-order valence-electron chi connectivity index (χ3n) is 10.0. The zero-order chi connectivity index (χ0) is 21.3. The Morgan fingerprint density at radius 2 is 1.69 bits per heavy atom. The predicted molar refractivity (Wildman–Crippen MR) is 108 cm³/mol. The Kier molecular flexibility index (Phi) is 3.53. The first-order valence-corrected chi connectivity index (χ1v) is 11.1. The van der Waals surface area contributed by atoms with Crippen molar-refractivity contribution < 1.29 is 24.9 Å². The van der Waals surface area contributed by atoms with Crippen LogP contribution in [0, 0.1) is 21.7 Å². The van der Waals surface area contributed by atoms with E-state index in [4.69, 9.17) is 4.74 Å². The van der Waals surface area contributed by atoms with Crippen LogP contribution in [-0.2, 0) is 9.53 Å². The van der Waals surface area contributed by atoms with Crippen molar-refractivity contribution in [3.05, 3.63) is 22.8 Å². The van der Waals surface area contributed by atoms with Crippen molar-refractivity contribution in [3.63, 3.8) is 0 Å². The number of carbonyl (C=O) groups is 1. The van der Waals surface area contributed by atoms with Gasteiger partial charge in [-0.05, 0) is 44.9 Å². The number of aliphatic hydroxyl groups excluding tert-OH is 1. The summed E-state index contributed by atoms with van der Waals surface area (Å²) in [5.41, 5.74) is 0.403. The second-order valence-corrected chi connectivity index (χ2v) is 11.4. The minimum atomic E-state index is -1.85. The number of fused-ring (bicyclic) bond motifs is 3. The largest absolute Gasteiger partial charge is 0.430 e. The van der Waals surface area contributed by atoms with E-state index in [0.717, 1.165) is 25.7 Å². The van der Waals surface area contributed by atoms with Crippen molar-refractivity contribution in [1.29, 1.82) is 0 Å². The second kappa shape index (κ2) is 5.17. The normalized spacial score (nSPS) is 52.9. The van der Waals surface area contributed by atoms with Gasteiger partial charge >= 0.3 is 5.97 Å². The molecule has 160 valence electrons. The van der Waals surface area contributed by atoms with Crippen molar-refractivity contribution >= 4 is 5.97 Å². The minimum Gasteiger partial charge on any atom is -0.430 e. The van der Waals surface area contributed by atoms with E-state index < -0.39 is 28.2 Å². The molecule has 2 saturated carbocycles. The number of hydrogen-bond donors (Lipinski definition) is 3. The van der Waals surface area contributed by atoms with Gasteiger partial charge in [0.25, 0.3) is 0 Å². The molecular weight excluding hydrogens is 368 g/mol. The summed E-state index contributed by atoms with van der Waals surface area (Å²) in [5, 5.41) is 33.1. The number of allylic oxidation sites excluding steroid dienone is 3. The molecule has 1 aliphatic heterocycles. The van der Waals surface area contributed by atoms with Crippen LogP contribution >= 0.6 is 0 Å². The van der Waals surface area contributed by atoms with E-state index in [1.54, 1.807) is 0 Å². The number of carbonyl (C=O) groups excluding carboxylic acids is 1. The van der Waals surface area contributed by atoms with E-state index in [-0.39, 0.29) is 16.9 Å². The number of esters is 1. The Balaban J connectivity index is 1.68. The molecule has 5 aliphatic rings. The number of aliphatic hydroxyl groups is 3. The third kappa shape index (κ3) is 1.84. The lowest BCUT2D eigenvalue weighted by Crippen LogP contribution is -2.60. The van der Waals surface area contributed by atoms with Crippen molar-refractivity contribution in [3.8, 4) is 0 Å². The van der Waals surface area contributed by atoms with Gasteiger partial charge in [-0.3, -0.25) is 4.79 Å². The lowest BCUT2D eigenvalue weighted by atomic mass is 9.45. The van der Waals surface area contributed by atoms with Crippen molar-refractivity contribution in [1.82, 2.24) is 0 Å². The monoisotopic (exact) mass is 402 g/mol. The molecule has 0 aromatic heterocycles.